The van der Waals surface area contributed by atoms with Crippen LogP contribution in [0.4, 0.5) is 0 Å². The second kappa shape index (κ2) is 15.2. The van der Waals surface area contributed by atoms with Crippen molar-refractivity contribution in [2.24, 2.45) is 0 Å². The Morgan fingerprint density at radius 1 is 1.06 bits per heavy atom. The van der Waals surface area contributed by atoms with Crippen LogP contribution < -0.4 is 0 Å². The van der Waals surface area contributed by atoms with Gasteiger partial charge >= 0.3 is 5.97 Å². The van der Waals surface area contributed by atoms with Crippen LogP contribution in [0, 0.1) is 13.8 Å². The SMILES string of the molecule is [CH2]CCCCCCC.[CH2]CCOC(=O)C(=C)C. The maximum atomic E-state index is 10.6. The number of hydrogen-bond acceptors (Lipinski definition) is 2. The zero-order valence-corrected chi connectivity index (χ0v) is 11.6. The van der Waals surface area contributed by atoms with Gasteiger partial charge in [0.15, 0.2) is 0 Å². The van der Waals surface area contributed by atoms with Crippen molar-refractivity contribution >= 4 is 5.97 Å². The van der Waals surface area contributed by atoms with Crippen LogP contribution in [-0.2, 0) is 9.53 Å². The summed E-state index contributed by atoms with van der Waals surface area (Å²) in [5.41, 5.74) is 0.434. The molecule has 0 spiro atoms. The quantitative estimate of drug-likeness (QED) is 0.354. The first-order valence-electron chi connectivity index (χ1n) is 6.51. The van der Waals surface area contributed by atoms with Crippen molar-refractivity contribution in [1.29, 1.82) is 0 Å². The molecule has 0 aliphatic heterocycles. The second-order valence-electron chi connectivity index (χ2n) is 4.04. The highest BCUT2D eigenvalue weighted by molar-refractivity contribution is 5.86. The van der Waals surface area contributed by atoms with E-state index in [2.05, 4.69) is 32.1 Å². The maximum absolute atomic E-state index is 10.6. The van der Waals surface area contributed by atoms with E-state index >= 15 is 0 Å². The lowest BCUT2D eigenvalue weighted by Gasteiger charge is -1.99. The van der Waals surface area contributed by atoms with Gasteiger partial charge in [0.25, 0.3) is 0 Å². The summed E-state index contributed by atoms with van der Waals surface area (Å²) in [6.45, 7) is 14.9. The van der Waals surface area contributed by atoms with Crippen molar-refractivity contribution in [2.45, 2.75) is 58.8 Å². The van der Waals surface area contributed by atoms with Gasteiger partial charge < -0.3 is 4.74 Å². The largest absolute Gasteiger partial charge is 0.462 e. The molecule has 0 fully saturated rings. The summed E-state index contributed by atoms with van der Waals surface area (Å²) in [4.78, 5) is 10.6. The average Bonchev–Trinajstić information content (AvgIpc) is 2.32. The third kappa shape index (κ3) is 17.8. The first-order chi connectivity index (χ1) is 8.09. The Morgan fingerprint density at radius 3 is 2.06 bits per heavy atom. The monoisotopic (exact) mass is 240 g/mol. The number of esters is 1. The van der Waals surface area contributed by atoms with Crippen LogP contribution in [0.15, 0.2) is 12.2 Å². The van der Waals surface area contributed by atoms with Crippen LogP contribution in [0.1, 0.15) is 58.8 Å². The standard InChI is InChI=1S/C8H17.C7H11O2/c1-3-5-7-8-6-4-2;1-4-5-9-7(8)6(2)3/h1,3-8H2,2H3;1-2,4-5H2,3H3. The molecule has 0 aromatic carbocycles. The summed E-state index contributed by atoms with van der Waals surface area (Å²) in [6, 6.07) is 0. The fraction of sp³-hybridized carbons (Fsp3) is 0.667. The summed E-state index contributed by atoms with van der Waals surface area (Å²) in [5, 5.41) is 0. The molecule has 17 heavy (non-hydrogen) atoms. The zero-order chi connectivity index (χ0) is 13.5. The normalized spacial score (nSPS) is 9.18. The van der Waals surface area contributed by atoms with Gasteiger partial charge in [-0.15, -0.1) is 0 Å². The summed E-state index contributed by atoms with van der Waals surface area (Å²) in [7, 11) is 0. The minimum absolute atomic E-state index is 0.335. The van der Waals surface area contributed by atoms with E-state index in [4.69, 9.17) is 0 Å². The lowest BCUT2D eigenvalue weighted by molar-refractivity contribution is -0.138. The van der Waals surface area contributed by atoms with Gasteiger partial charge in [0, 0.05) is 5.57 Å². The fourth-order valence-corrected chi connectivity index (χ4v) is 1.07. The Balaban J connectivity index is 0. The summed E-state index contributed by atoms with van der Waals surface area (Å²) < 4.78 is 4.65. The summed E-state index contributed by atoms with van der Waals surface area (Å²) >= 11 is 0. The minimum atomic E-state index is -0.335. The molecular weight excluding hydrogens is 212 g/mol. The number of hydrogen-bond donors (Lipinski definition) is 0. The topological polar surface area (TPSA) is 26.3 Å². The lowest BCUT2D eigenvalue weighted by atomic mass is 10.1. The van der Waals surface area contributed by atoms with Crippen LogP contribution in [0.5, 0.6) is 0 Å². The highest BCUT2D eigenvalue weighted by Gasteiger charge is 1.99. The molecule has 2 heteroatoms. The van der Waals surface area contributed by atoms with Gasteiger partial charge in [0.1, 0.15) is 0 Å². The predicted octanol–water partition coefficient (Wildman–Crippen LogP) is 4.51. The third-order valence-electron chi connectivity index (χ3n) is 2.08. The number of unbranched alkanes of at least 4 members (excludes halogenated alkanes) is 5. The van der Waals surface area contributed by atoms with Crippen LogP contribution >= 0.6 is 0 Å². The van der Waals surface area contributed by atoms with Crippen LogP contribution in [0.3, 0.4) is 0 Å². The number of carbonyl (C=O) groups is 1. The first-order valence-corrected chi connectivity index (χ1v) is 6.51. The lowest BCUT2D eigenvalue weighted by Crippen LogP contribution is -2.04. The van der Waals surface area contributed by atoms with Gasteiger partial charge in [0.2, 0.25) is 0 Å². The maximum Gasteiger partial charge on any atom is 0.333 e. The Bertz CT molecular complexity index is 179. The van der Waals surface area contributed by atoms with Crippen LogP contribution in [-0.4, -0.2) is 12.6 Å². The van der Waals surface area contributed by atoms with Gasteiger partial charge in [-0.3, -0.25) is 0 Å². The first kappa shape index (κ1) is 18.6. The highest BCUT2D eigenvalue weighted by Crippen LogP contribution is 2.03. The number of rotatable bonds is 8. The molecule has 0 aliphatic rings. The van der Waals surface area contributed by atoms with E-state index in [1.807, 2.05) is 0 Å². The van der Waals surface area contributed by atoms with E-state index in [1.54, 1.807) is 6.92 Å². The van der Waals surface area contributed by atoms with E-state index in [0.717, 1.165) is 6.42 Å². The van der Waals surface area contributed by atoms with Gasteiger partial charge in [-0.2, -0.15) is 0 Å². The van der Waals surface area contributed by atoms with Gasteiger partial charge in [-0.1, -0.05) is 59.0 Å². The molecule has 0 aliphatic carbocycles. The van der Waals surface area contributed by atoms with E-state index in [9.17, 15) is 4.79 Å². The molecule has 0 N–H and O–H groups in total. The predicted molar refractivity (Wildman–Crippen MR) is 74.5 cm³/mol. The van der Waals surface area contributed by atoms with Crippen LogP contribution in [0.25, 0.3) is 0 Å². The second-order valence-corrected chi connectivity index (χ2v) is 4.04. The molecule has 0 amide bonds. The third-order valence-corrected chi connectivity index (χ3v) is 2.08. The summed E-state index contributed by atoms with van der Waals surface area (Å²) in [6.07, 6.45) is 8.59. The molecule has 2 nitrogen and oxygen atoms in total. The van der Waals surface area contributed by atoms with E-state index < -0.39 is 0 Å². The average molecular weight is 240 g/mol. The Hall–Kier alpha value is -0.790. The molecule has 0 aromatic heterocycles. The van der Waals surface area contributed by atoms with Gasteiger partial charge in [0.05, 0.1) is 6.61 Å². The molecule has 0 heterocycles. The molecule has 0 rings (SSSR count). The Kier molecular flexibility index (Phi) is 16.6. The highest BCUT2D eigenvalue weighted by atomic mass is 16.5. The van der Waals surface area contributed by atoms with E-state index in [0.29, 0.717) is 18.6 Å². The fourth-order valence-electron chi connectivity index (χ4n) is 1.07. The van der Waals surface area contributed by atoms with Gasteiger partial charge in [-0.05, 0) is 20.3 Å². The molecule has 0 bridgehead atoms. The summed E-state index contributed by atoms with van der Waals surface area (Å²) in [5.74, 6) is -0.335. The number of carbonyl (C=O) groups excluding carboxylic acids is 1. The molecule has 0 saturated heterocycles. The van der Waals surface area contributed by atoms with Crippen molar-refractivity contribution in [1.82, 2.24) is 0 Å². The molecule has 100 valence electrons. The van der Waals surface area contributed by atoms with Crippen LogP contribution in [0.2, 0.25) is 0 Å². The van der Waals surface area contributed by atoms with Crippen molar-refractivity contribution < 1.29 is 9.53 Å². The molecule has 0 unspecified atom stereocenters. The van der Waals surface area contributed by atoms with Crippen molar-refractivity contribution in [3.63, 3.8) is 0 Å². The van der Waals surface area contributed by atoms with E-state index in [-0.39, 0.29) is 5.97 Å². The molecule has 0 aromatic rings. The van der Waals surface area contributed by atoms with E-state index in [1.165, 1.54) is 32.1 Å². The van der Waals surface area contributed by atoms with Gasteiger partial charge in [-0.25, -0.2) is 4.79 Å². The van der Waals surface area contributed by atoms with Crippen molar-refractivity contribution in [3.05, 3.63) is 26.0 Å². The zero-order valence-electron chi connectivity index (χ0n) is 11.6. The number of ether oxygens (including phenoxy) is 1. The minimum Gasteiger partial charge on any atom is -0.462 e. The molecule has 0 atom stereocenters. The molecular formula is C15H28O2. The Morgan fingerprint density at radius 2 is 1.65 bits per heavy atom. The molecule has 0 saturated carbocycles. The van der Waals surface area contributed by atoms with Crippen molar-refractivity contribution in [2.75, 3.05) is 6.61 Å². The smallest absolute Gasteiger partial charge is 0.333 e. The molecule has 2 radical (unpaired) electrons. The Labute approximate surface area is 107 Å². The van der Waals surface area contributed by atoms with Crippen molar-refractivity contribution in [3.8, 4) is 0 Å².